The van der Waals surface area contributed by atoms with Gasteiger partial charge in [-0.1, -0.05) is 12.1 Å². The van der Waals surface area contributed by atoms with Crippen molar-refractivity contribution in [1.82, 2.24) is 10.2 Å². The number of non-ortho nitro benzene ring substituents is 1. The van der Waals surface area contributed by atoms with E-state index in [0.717, 1.165) is 44.8 Å². The molecule has 1 fully saturated rings. The predicted octanol–water partition coefficient (Wildman–Crippen LogP) is 1.06. The van der Waals surface area contributed by atoms with Crippen LogP contribution in [-0.4, -0.2) is 55.8 Å². The monoisotopic (exact) mass is 279 g/mol. The van der Waals surface area contributed by atoms with E-state index in [9.17, 15) is 10.1 Å². The van der Waals surface area contributed by atoms with Crippen LogP contribution in [0.25, 0.3) is 0 Å². The number of likely N-dealkylation sites (N-methyl/N-ethyl adjacent to an activating group) is 1. The maximum Gasteiger partial charge on any atom is 0.269 e. The molecule has 110 valence electrons. The normalized spacial score (nSPS) is 19.9. The Morgan fingerprint density at radius 1 is 1.45 bits per heavy atom. The van der Waals surface area contributed by atoms with E-state index in [1.165, 1.54) is 0 Å². The fraction of sp³-hybridized carbons (Fsp3) is 0.571. The SMILES string of the molecule is CNCC1CN(CCc2ccc([N+](=O)[O-])cc2)CCO1. The Morgan fingerprint density at radius 3 is 2.85 bits per heavy atom. The Kier molecular flexibility index (Phi) is 5.46. The molecule has 0 aliphatic carbocycles. The first-order chi connectivity index (χ1) is 9.69. The minimum absolute atomic E-state index is 0.147. The van der Waals surface area contributed by atoms with Gasteiger partial charge < -0.3 is 10.1 Å². The summed E-state index contributed by atoms with van der Waals surface area (Å²) in [5, 5.41) is 13.7. The average molecular weight is 279 g/mol. The molecule has 1 N–H and O–H groups in total. The maximum absolute atomic E-state index is 10.6. The molecule has 1 heterocycles. The van der Waals surface area contributed by atoms with E-state index in [4.69, 9.17) is 4.74 Å². The second kappa shape index (κ2) is 7.33. The first-order valence-electron chi connectivity index (χ1n) is 6.91. The number of hydrogen-bond acceptors (Lipinski definition) is 5. The maximum atomic E-state index is 10.6. The minimum atomic E-state index is -0.367. The molecule has 1 aromatic rings. The molecule has 1 aliphatic rings. The van der Waals surface area contributed by atoms with E-state index in [1.807, 2.05) is 19.2 Å². The molecule has 0 spiro atoms. The van der Waals surface area contributed by atoms with Gasteiger partial charge in [-0.25, -0.2) is 0 Å². The van der Waals surface area contributed by atoms with E-state index in [-0.39, 0.29) is 16.7 Å². The van der Waals surface area contributed by atoms with Crippen LogP contribution in [0.3, 0.4) is 0 Å². The van der Waals surface area contributed by atoms with E-state index in [0.29, 0.717) is 0 Å². The van der Waals surface area contributed by atoms with Gasteiger partial charge in [-0.3, -0.25) is 15.0 Å². The molecule has 0 aromatic heterocycles. The number of benzene rings is 1. The van der Waals surface area contributed by atoms with Gasteiger partial charge in [-0.15, -0.1) is 0 Å². The molecule has 6 heteroatoms. The van der Waals surface area contributed by atoms with Crippen molar-refractivity contribution in [3.63, 3.8) is 0 Å². The number of morpholine rings is 1. The fourth-order valence-corrected chi connectivity index (χ4v) is 2.41. The van der Waals surface area contributed by atoms with E-state index < -0.39 is 0 Å². The standard InChI is InChI=1S/C14H21N3O3/c1-15-10-14-11-16(8-9-20-14)7-6-12-2-4-13(5-3-12)17(18)19/h2-5,14-15H,6-11H2,1H3. The van der Waals surface area contributed by atoms with Crippen molar-refractivity contribution in [3.8, 4) is 0 Å². The van der Waals surface area contributed by atoms with Gasteiger partial charge in [0.05, 0.1) is 17.6 Å². The number of hydrogen-bond donors (Lipinski definition) is 1. The van der Waals surface area contributed by atoms with Crippen LogP contribution in [0.5, 0.6) is 0 Å². The molecule has 0 radical (unpaired) electrons. The third-order valence-electron chi connectivity index (χ3n) is 3.52. The third-order valence-corrected chi connectivity index (χ3v) is 3.52. The van der Waals surface area contributed by atoms with Crippen LogP contribution in [0.15, 0.2) is 24.3 Å². The van der Waals surface area contributed by atoms with E-state index >= 15 is 0 Å². The third kappa shape index (κ3) is 4.26. The summed E-state index contributed by atoms with van der Waals surface area (Å²) in [6.07, 6.45) is 1.16. The van der Waals surface area contributed by atoms with Gasteiger partial charge in [0.2, 0.25) is 0 Å². The topological polar surface area (TPSA) is 67.6 Å². The summed E-state index contributed by atoms with van der Waals surface area (Å²) in [7, 11) is 1.93. The number of nitrogens with one attached hydrogen (secondary N) is 1. The molecule has 0 saturated carbocycles. The Balaban J connectivity index is 1.80. The smallest absolute Gasteiger partial charge is 0.269 e. The van der Waals surface area contributed by atoms with Crippen molar-refractivity contribution >= 4 is 5.69 Å². The highest BCUT2D eigenvalue weighted by molar-refractivity contribution is 5.32. The zero-order chi connectivity index (χ0) is 14.4. The second-order valence-corrected chi connectivity index (χ2v) is 5.02. The lowest BCUT2D eigenvalue weighted by Crippen LogP contribution is -2.46. The molecule has 1 unspecified atom stereocenters. The lowest BCUT2D eigenvalue weighted by molar-refractivity contribution is -0.384. The first-order valence-corrected chi connectivity index (χ1v) is 6.91. The molecule has 1 saturated heterocycles. The number of nitrogens with zero attached hydrogens (tertiary/aromatic N) is 2. The zero-order valence-electron chi connectivity index (χ0n) is 11.7. The van der Waals surface area contributed by atoms with E-state index in [1.54, 1.807) is 12.1 Å². The number of nitro benzene ring substituents is 1. The molecule has 1 atom stereocenters. The first kappa shape index (κ1) is 14.9. The molecule has 1 aliphatic heterocycles. The van der Waals surface area contributed by atoms with Crippen LogP contribution in [-0.2, 0) is 11.2 Å². The Hall–Kier alpha value is -1.50. The molecule has 20 heavy (non-hydrogen) atoms. The van der Waals surface area contributed by atoms with Crippen LogP contribution in [0.4, 0.5) is 5.69 Å². The predicted molar refractivity (Wildman–Crippen MR) is 76.9 cm³/mol. The summed E-state index contributed by atoms with van der Waals surface area (Å²) >= 11 is 0. The summed E-state index contributed by atoms with van der Waals surface area (Å²) in [6, 6.07) is 6.81. The van der Waals surface area contributed by atoms with Crippen molar-refractivity contribution in [2.45, 2.75) is 12.5 Å². The number of rotatable bonds is 6. The van der Waals surface area contributed by atoms with Crippen LogP contribution in [0.2, 0.25) is 0 Å². The second-order valence-electron chi connectivity index (χ2n) is 5.02. The Bertz CT molecular complexity index is 434. The molecule has 0 bridgehead atoms. The van der Waals surface area contributed by atoms with Crippen molar-refractivity contribution in [1.29, 1.82) is 0 Å². The fourth-order valence-electron chi connectivity index (χ4n) is 2.41. The molecule has 1 aromatic carbocycles. The van der Waals surface area contributed by atoms with Gasteiger partial charge in [0, 0.05) is 38.3 Å². The van der Waals surface area contributed by atoms with Gasteiger partial charge in [-0.05, 0) is 19.0 Å². The highest BCUT2D eigenvalue weighted by atomic mass is 16.6. The van der Waals surface area contributed by atoms with Crippen molar-refractivity contribution in [3.05, 3.63) is 39.9 Å². The average Bonchev–Trinajstić information content (AvgIpc) is 2.46. The number of ether oxygens (including phenoxy) is 1. The van der Waals surface area contributed by atoms with Crippen molar-refractivity contribution in [2.75, 3.05) is 39.8 Å². The quantitative estimate of drug-likeness (QED) is 0.623. The lowest BCUT2D eigenvalue weighted by atomic mass is 10.1. The van der Waals surface area contributed by atoms with Gasteiger partial charge >= 0.3 is 0 Å². The lowest BCUT2D eigenvalue weighted by Gasteiger charge is -2.32. The summed E-state index contributed by atoms with van der Waals surface area (Å²) < 4.78 is 5.66. The molecule has 6 nitrogen and oxygen atoms in total. The summed E-state index contributed by atoms with van der Waals surface area (Å²) in [5.41, 5.74) is 1.28. The molecular weight excluding hydrogens is 258 g/mol. The van der Waals surface area contributed by atoms with Gasteiger partial charge in [0.1, 0.15) is 0 Å². The van der Waals surface area contributed by atoms with E-state index in [2.05, 4.69) is 10.2 Å². The van der Waals surface area contributed by atoms with Gasteiger partial charge in [-0.2, -0.15) is 0 Å². The van der Waals surface area contributed by atoms with Crippen LogP contribution in [0, 0.1) is 10.1 Å². The molecule has 2 rings (SSSR count). The van der Waals surface area contributed by atoms with Gasteiger partial charge in [0.25, 0.3) is 5.69 Å². The Morgan fingerprint density at radius 2 is 2.20 bits per heavy atom. The minimum Gasteiger partial charge on any atom is -0.374 e. The van der Waals surface area contributed by atoms with Crippen LogP contribution < -0.4 is 5.32 Å². The highest BCUT2D eigenvalue weighted by Gasteiger charge is 2.19. The summed E-state index contributed by atoms with van der Waals surface area (Å²) in [6.45, 7) is 4.49. The summed E-state index contributed by atoms with van der Waals surface area (Å²) in [5.74, 6) is 0. The largest absolute Gasteiger partial charge is 0.374 e. The zero-order valence-corrected chi connectivity index (χ0v) is 11.7. The molecule has 0 amide bonds. The Labute approximate surface area is 118 Å². The van der Waals surface area contributed by atoms with Crippen LogP contribution in [0.1, 0.15) is 5.56 Å². The number of nitro groups is 1. The summed E-state index contributed by atoms with van der Waals surface area (Å²) in [4.78, 5) is 12.6. The molecular formula is C14H21N3O3. The van der Waals surface area contributed by atoms with Gasteiger partial charge in [0.15, 0.2) is 0 Å². The van der Waals surface area contributed by atoms with Crippen molar-refractivity contribution in [2.24, 2.45) is 0 Å². The highest BCUT2D eigenvalue weighted by Crippen LogP contribution is 2.13. The van der Waals surface area contributed by atoms with Crippen molar-refractivity contribution < 1.29 is 9.66 Å². The van der Waals surface area contributed by atoms with Crippen LogP contribution >= 0.6 is 0 Å².